The maximum Gasteiger partial charge on any atom is 0.324 e. The smallest absolute Gasteiger partial charge is 0.324 e. The Kier molecular flexibility index (Phi) is 9.38. The van der Waals surface area contributed by atoms with Gasteiger partial charge >= 0.3 is 6.03 Å². The second-order valence-electron chi connectivity index (χ2n) is 5.56. The van der Waals surface area contributed by atoms with E-state index in [0.717, 1.165) is 29.9 Å². The number of hydrogen-bond donors (Lipinski definition) is 3. The van der Waals surface area contributed by atoms with Crippen LogP contribution in [0.15, 0.2) is 9.52 Å². The summed E-state index contributed by atoms with van der Waals surface area (Å²) in [4.78, 5) is 28.8. The first-order valence-electron chi connectivity index (χ1n) is 8.67. The highest BCUT2D eigenvalue weighted by molar-refractivity contribution is 14.0. The van der Waals surface area contributed by atoms with Crippen molar-refractivity contribution in [1.29, 1.82) is 0 Å². The molecule has 3 amide bonds. The van der Waals surface area contributed by atoms with E-state index in [2.05, 4.69) is 26.1 Å². The number of aryl methyl sites for hydroxylation is 2. The second-order valence-corrected chi connectivity index (χ2v) is 5.56. The molecule has 26 heavy (non-hydrogen) atoms. The van der Waals surface area contributed by atoms with Crippen molar-refractivity contribution < 1.29 is 14.1 Å². The van der Waals surface area contributed by atoms with Crippen molar-refractivity contribution in [2.75, 3.05) is 26.2 Å². The van der Waals surface area contributed by atoms with Crippen molar-refractivity contribution in [1.82, 2.24) is 26.0 Å². The number of imide groups is 1. The quantitative estimate of drug-likeness (QED) is 0.223. The van der Waals surface area contributed by atoms with Crippen molar-refractivity contribution in [3.63, 3.8) is 0 Å². The Labute approximate surface area is 170 Å². The number of guanidine groups is 1. The number of halogens is 1. The van der Waals surface area contributed by atoms with E-state index < -0.39 is 0 Å². The number of rotatable bonds is 8. The molecular weight excluding hydrogens is 451 g/mol. The van der Waals surface area contributed by atoms with Crippen LogP contribution in [0.2, 0.25) is 0 Å². The molecular formula is C16H27IN6O3. The zero-order valence-corrected chi connectivity index (χ0v) is 17.8. The summed E-state index contributed by atoms with van der Waals surface area (Å²) in [6.07, 6.45) is 1.57. The number of amides is 3. The third kappa shape index (κ3) is 5.58. The number of carbonyl (C=O) groups is 2. The van der Waals surface area contributed by atoms with Gasteiger partial charge in [0, 0.05) is 31.6 Å². The van der Waals surface area contributed by atoms with E-state index in [0.29, 0.717) is 32.1 Å². The van der Waals surface area contributed by atoms with Gasteiger partial charge in [0.15, 0.2) is 5.96 Å². The summed E-state index contributed by atoms with van der Waals surface area (Å²) in [7, 11) is 0. The minimum Gasteiger partial charge on any atom is -0.361 e. The lowest BCUT2D eigenvalue weighted by Crippen LogP contribution is -2.43. The van der Waals surface area contributed by atoms with Gasteiger partial charge in [-0.1, -0.05) is 19.0 Å². The van der Waals surface area contributed by atoms with Crippen LogP contribution >= 0.6 is 24.0 Å². The highest BCUT2D eigenvalue weighted by atomic mass is 127. The van der Waals surface area contributed by atoms with Crippen LogP contribution < -0.4 is 16.0 Å². The average molecular weight is 478 g/mol. The Morgan fingerprint density at radius 3 is 2.62 bits per heavy atom. The lowest BCUT2D eigenvalue weighted by molar-refractivity contribution is -0.124. The molecule has 2 rings (SSSR count). The van der Waals surface area contributed by atoms with Gasteiger partial charge in [0.2, 0.25) is 5.91 Å². The third-order valence-corrected chi connectivity index (χ3v) is 3.91. The van der Waals surface area contributed by atoms with Crippen LogP contribution in [0.1, 0.15) is 37.8 Å². The molecule has 0 atom stereocenters. The topological polar surface area (TPSA) is 112 Å². The van der Waals surface area contributed by atoms with Gasteiger partial charge in [0.05, 0.1) is 18.8 Å². The van der Waals surface area contributed by atoms with Crippen LogP contribution in [0.5, 0.6) is 0 Å². The van der Waals surface area contributed by atoms with Crippen LogP contribution in [0, 0.1) is 0 Å². The molecule has 0 radical (unpaired) electrons. The first kappa shape index (κ1) is 22.2. The molecule has 1 aromatic heterocycles. The number of nitrogens with zero attached hydrogens (tertiary/aromatic N) is 3. The van der Waals surface area contributed by atoms with Gasteiger partial charge in [0.25, 0.3) is 0 Å². The van der Waals surface area contributed by atoms with Gasteiger partial charge in [-0.25, -0.2) is 9.79 Å². The lowest BCUT2D eigenvalue weighted by atomic mass is 10.1. The van der Waals surface area contributed by atoms with Gasteiger partial charge in [0.1, 0.15) is 5.76 Å². The molecule has 1 aliphatic heterocycles. The maximum atomic E-state index is 11.6. The second kappa shape index (κ2) is 11.0. The van der Waals surface area contributed by atoms with Crippen molar-refractivity contribution in [3.8, 4) is 0 Å². The van der Waals surface area contributed by atoms with Crippen LogP contribution in [-0.4, -0.2) is 54.1 Å². The largest absolute Gasteiger partial charge is 0.361 e. The van der Waals surface area contributed by atoms with Crippen LogP contribution in [0.3, 0.4) is 0 Å². The predicted octanol–water partition coefficient (Wildman–Crippen LogP) is 1.02. The Morgan fingerprint density at radius 1 is 1.27 bits per heavy atom. The fraction of sp³-hybridized carbons (Fsp3) is 0.625. The summed E-state index contributed by atoms with van der Waals surface area (Å²) in [6, 6.07) is -0.349. The van der Waals surface area contributed by atoms with Gasteiger partial charge in [-0.15, -0.1) is 24.0 Å². The standard InChI is InChI=1S/C16H26N6O3.HI/c1-4-12-11(13(5-2)25-21-12)9-19-15(17-6-3)18-7-8-22-14(23)10-20-16(22)24;/h4-10H2,1-3H3,(H,20,24)(H2,17,18,19);1H. The van der Waals surface area contributed by atoms with Crippen molar-refractivity contribution in [2.45, 2.75) is 40.2 Å². The number of carbonyl (C=O) groups excluding carboxylic acids is 2. The normalized spacial score (nSPS) is 14.3. The molecule has 1 fully saturated rings. The molecule has 0 spiro atoms. The molecule has 1 aromatic rings. The first-order valence-corrected chi connectivity index (χ1v) is 8.67. The van der Waals surface area contributed by atoms with Crippen molar-refractivity contribution in [2.24, 2.45) is 4.99 Å². The summed E-state index contributed by atoms with van der Waals surface area (Å²) in [5, 5.41) is 12.9. The first-order chi connectivity index (χ1) is 12.1. The molecule has 9 nitrogen and oxygen atoms in total. The minimum atomic E-state index is -0.349. The van der Waals surface area contributed by atoms with E-state index in [9.17, 15) is 9.59 Å². The van der Waals surface area contributed by atoms with E-state index >= 15 is 0 Å². The Bertz CT molecular complexity index is 608. The summed E-state index contributed by atoms with van der Waals surface area (Å²) in [6.45, 7) is 8.00. The highest BCUT2D eigenvalue weighted by Crippen LogP contribution is 2.16. The molecule has 3 N–H and O–H groups in total. The number of nitrogens with one attached hydrogen (secondary N) is 3. The predicted molar refractivity (Wildman–Crippen MR) is 109 cm³/mol. The van der Waals surface area contributed by atoms with Gasteiger partial charge < -0.3 is 20.5 Å². The van der Waals surface area contributed by atoms with Crippen LogP contribution in [0.25, 0.3) is 0 Å². The SMILES string of the molecule is CCNC(=NCc1c(CC)noc1CC)NCCN1C(=O)CNC1=O.I. The summed E-state index contributed by atoms with van der Waals surface area (Å²) >= 11 is 0. The molecule has 1 aliphatic rings. The molecule has 0 bridgehead atoms. The van der Waals surface area contributed by atoms with E-state index in [1.54, 1.807) is 0 Å². The number of aliphatic imine (C=N–C) groups is 1. The van der Waals surface area contributed by atoms with Crippen LogP contribution in [0.4, 0.5) is 4.79 Å². The highest BCUT2D eigenvalue weighted by Gasteiger charge is 2.27. The van der Waals surface area contributed by atoms with Gasteiger partial charge in [-0.3, -0.25) is 9.69 Å². The Morgan fingerprint density at radius 2 is 2.04 bits per heavy atom. The summed E-state index contributed by atoms with van der Waals surface area (Å²) in [5.41, 5.74) is 1.95. The number of hydrogen-bond acceptors (Lipinski definition) is 5. The van der Waals surface area contributed by atoms with Gasteiger partial charge in [-0.05, 0) is 13.3 Å². The van der Waals surface area contributed by atoms with Crippen molar-refractivity contribution in [3.05, 3.63) is 17.0 Å². The fourth-order valence-corrected chi connectivity index (χ4v) is 2.58. The summed E-state index contributed by atoms with van der Waals surface area (Å²) in [5.74, 6) is 1.27. The average Bonchev–Trinajstić information content (AvgIpc) is 3.16. The molecule has 1 saturated heterocycles. The van der Waals surface area contributed by atoms with Crippen molar-refractivity contribution >= 4 is 41.9 Å². The zero-order valence-electron chi connectivity index (χ0n) is 15.4. The lowest BCUT2D eigenvalue weighted by Gasteiger charge is -2.15. The van der Waals surface area contributed by atoms with E-state index in [1.807, 2.05) is 20.8 Å². The monoisotopic (exact) mass is 478 g/mol. The molecule has 146 valence electrons. The van der Waals surface area contributed by atoms with Gasteiger partial charge in [-0.2, -0.15) is 0 Å². The zero-order chi connectivity index (χ0) is 18.2. The van der Waals surface area contributed by atoms with E-state index in [1.165, 1.54) is 4.90 Å². The fourth-order valence-electron chi connectivity index (χ4n) is 2.58. The molecule has 0 saturated carbocycles. The molecule has 10 heteroatoms. The third-order valence-electron chi connectivity index (χ3n) is 3.91. The maximum absolute atomic E-state index is 11.6. The number of urea groups is 1. The molecule has 0 aliphatic carbocycles. The summed E-state index contributed by atoms with van der Waals surface area (Å²) < 4.78 is 5.35. The Balaban J connectivity index is 0.00000338. The molecule has 2 heterocycles. The molecule has 0 aromatic carbocycles. The number of aromatic nitrogens is 1. The van der Waals surface area contributed by atoms with Crippen LogP contribution in [-0.2, 0) is 24.2 Å². The molecule has 0 unspecified atom stereocenters. The minimum absolute atomic E-state index is 0. The van der Waals surface area contributed by atoms with E-state index in [4.69, 9.17) is 4.52 Å². The Hall–Kier alpha value is -1.85. The van der Waals surface area contributed by atoms with E-state index in [-0.39, 0.29) is 42.5 Å².